The number of nitrogens with zero attached hydrogens (tertiary/aromatic N) is 2. The number of aliphatic hydroxyl groups excluding tert-OH is 2. The van der Waals surface area contributed by atoms with Crippen LogP contribution in [0.1, 0.15) is 21.6 Å². The third kappa shape index (κ3) is 5.12. The maximum Gasteiger partial charge on any atom is 0.0878 e. The Morgan fingerprint density at radius 3 is 2.28 bits per heavy atom. The number of fused-ring (bicyclic) bond motifs is 6. The van der Waals surface area contributed by atoms with Gasteiger partial charge in [-0.15, -0.1) is 0 Å². The van der Waals surface area contributed by atoms with Crippen LogP contribution in [0.2, 0.25) is 0 Å². The molecule has 0 fully saturated rings. The van der Waals surface area contributed by atoms with E-state index in [0.29, 0.717) is 5.70 Å². The summed E-state index contributed by atoms with van der Waals surface area (Å²) in [5.41, 5.74) is 3.51. The second-order valence-corrected chi connectivity index (χ2v) is 9.08. The van der Waals surface area contributed by atoms with Crippen molar-refractivity contribution in [2.24, 2.45) is 9.98 Å². The summed E-state index contributed by atoms with van der Waals surface area (Å²) in [6, 6.07) is 4.00. The van der Waals surface area contributed by atoms with Gasteiger partial charge in [0.05, 0.1) is 67.0 Å². The molecule has 0 saturated carbocycles. The van der Waals surface area contributed by atoms with E-state index >= 15 is 0 Å². The van der Waals surface area contributed by atoms with Gasteiger partial charge in [-0.05, 0) is 80.2 Å². The second kappa shape index (κ2) is 10.4. The fourth-order valence-corrected chi connectivity index (χ4v) is 4.65. The standard InChI is InChI=1S/C28H32N4O4/c1-18(35-11-9-33)26-17-28(19(2)36-12-10-34)16-25-8-7-23(31-25)14-21-4-3-20(29-21)13-22-5-6-24(30-22)15-27(26)32-28/h3-8,13-16,18-19,29,32-34H,9-12,17H2,1-2H3/i17D. The first-order valence-corrected chi connectivity index (χ1v) is 12.2. The lowest BCUT2D eigenvalue weighted by Crippen LogP contribution is -2.49. The van der Waals surface area contributed by atoms with Crippen molar-refractivity contribution in [1.82, 2.24) is 10.3 Å². The number of ether oxygens (including phenoxy) is 2. The Bertz CT molecular complexity index is 1400. The Labute approximate surface area is 211 Å². The number of aliphatic hydroxyl groups is 2. The smallest absolute Gasteiger partial charge is 0.0878 e. The van der Waals surface area contributed by atoms with Gasteiger partial charge in [-0.1, -0.05) is 0 Å². The molecule has 0 aromatic carbocycles. The van der Waals surface area contributed by atoms with Crippen molar-refractivity contribution in [3.05, 3.63) is 82.0 Å². The molecule has 8 nitrogen and oxygen atoms in total. The molecule has 4 unspecified atom stereocenters. The maximum atomic E-state index is 9.43. The second-order valence-electron chi connectivity index (χ2n) is 9.08. The monoisotopic (exact) mass is 489 g/mol. The summed E-state index contributed by atoms with van der Waals surface area (Å²) in [5, 5.41) is 24.2. The quantitative estimate of drug-likeness (QED) is 0.438. The molecule has 0 amide bonds. The van der Waals surface area contributed by atoms with Crippen molar-refractivity contribution in [1.29, 1.82) is 0 Å². The number of nitrogens with one attached hydrogen (secondary N) is 2. The number of aromatic amines is 1. The molecule has 4 aliphatic rings. The molecule has 5 heterocycles. The molecule has 36 heavy (non-hydrogen) atoms. The van der Waals surface area contributed by atoms with Crippen LogP contribution in [0.5, 0.6) is 0 Å². The van der Waals surface area contributed by atoms with Crippen molar-refractivity contribution in [2.45, 2.75) is 38.0 Å². The van der Waals surface area contributed by atoms with E-state index in [0.717, 1.165) is 39.1 Å². The number of hydrogen-bond acceptors (Lipinski definition) is 7. The molecule has 0 saturated heterocycles. The largest absolute Gasteiger partial charge is 0.394 e. The lowest BCUT2D eigenvalue weighted by Gasteiger charge is -2.34. The first-order valence-electron chi connectivity index (χ1n) is 12.8. The molecule has 0 aliphatic carbocycles. The topological polar surface area (TPSA) is 111 Å². The van der Waals surface area contributed by atoms with E-state index in [-0.39, 0.29) is 26.4 Å². The number of H-pyrrole nitrogens is 1. The van der Waals surface area contributed by atoms with Crippen molar-refractivity contribution < 1.29 is 21.1 Å². The van der Waals surface area contributed by atoms with Crippen LogP contribution in [0.3, 0.4) is 0 Å². The van der Waals surface area contributed by atoms with Crippen LogP contribution >= 0.6 is 0 Å². The van der Waals surface area contributed by atoms with E-state index in [9.17, 15) is 11.6 Å². The summed E-state index contributed by atoms with van der Waals surface area (Å²) < 4.78 is 21.3. The highest BCUT2D eigenvalue weighted by atomic mass is 16.5. The molecule has 8 bridgehead atoms. The van der Waals surface area contributed by atoms with Crippen molar-refractivity contribution in [3.8, 4) is 0 Å². The normalized spacial score (nSPS) is 26.3. The molecule has 0 radical (unpaired) electrons. The average Bonchev–Trinajstić information content (AvgIpc) is 3.66. The fraction of sp³-hybridized carbons (Fsp3) is 0.357. The van der Waals surface area contributed by atoms with Crippen LogP contribution in [0, 0.1) is 0 Å². The van der Waals surface area contributed by atoms with Gasteiger partial charge in [0.15, 0.2) is 0 Å². The summed E-state index contributed by atoms with van der Waals surface area (Å²) in [6.07, 6.45) is 13.8. The average molecular weight is 490 g/mol. The number of rotatable bonds is 8. The van der Waals surface area contributed by atoms with Crippen LogP contribution < -0.4 is 16.0 Å². The van der Waals surface area contributed by atoms with Crippen molar-refractivity contribution in [3.63, 3.8) is 0 Å². The highest BCUT2D eigenvalue weighted by molar-refractivity contribution is 6.20. The van der Waals surface area contributed by atoms with Gasteiger partial charge in [0.25, 0.3) is 0 Å². The number of aliphatic imine (C=N–C) groups is 2. The third-order valence-corrected chi connectivity index (χ3v) is 6.47. The Hall–Kier alpha value is -3.30. The van der Waals surface area contributed by atoms with E-state index < -0.39 is 24.1 Å². The van der Waals surface area contributed by atoms with E-state index in [1.165, 1.54) is 0 Å². The summed E-state index contributed by atoms with van der Waals surface area (Å²) in [7, 11) is 0. The summed E-state index contributed by atoms with van der Waals surface area (Å²) in [6.45, 7) is 3.84. The SMILES string of the molecule is [2H]C1C(C(C)OCCO)=C2C=C3C=CC(=N3)C=c3ccc([nH]3)=CC3=NC(=CC1(C(C)OCCO)N2)C=C3. The Morgan fingerprint density at radius 2 is 1.58 bits per heavy atom. The molecule has 188 valence electrons. The van der Waals surface area contributed by atoms with Crippen molar-refractivity contribution >= 4 is 23.6 Å². The molecule has 5 rings (SSSR count). The molecule has 4 atom stereocenters. The van der Waals surface area contributed by atoms with Gasteiger partial charge >= 0.3 is 0 Å². The highest BCUT2D eigenvalue weighted by Crippen LogP contribution is 2.38. The summed E-state index contributed by atoms with van der Waals surface area (Å²) in [5.74, 6) is 0. The zero-order valence-corrected chi connectivity index (χ0v) is 20.4. The zero-order valence-electron chi connectivity index (χ0n) is 21.4. The lowest BCUT2D eigenvalue weighted by molar-refractivity contribution is 0.000355. The highest BCUT2D eigenvalue weighted by Gasteiger charge is 2.43. The molecule has 4 aliphatic heterocycles. The van der Waals surface area contributed by atoms with Gasteiger partial charge in [-0.3, -0.25) is 0 Å². The van der Waals surface area contributed by atoms with Gasteiger partial charge < -0.3 is 30.0 Å². The zero-order chi connectivity index (χ0) is 26.0. The minimum Gasteiger partial charge on any atom is -0.394 e. The molecule has 1 aromatic rings. The lowest BCUT2D eigenvalue weighted by atomic mass is 9.86. The molecule has 8 heteroatoms. The van der Waals surface area contributed by atoms with Gasteiger partial charge in [0.2, 0.25) is 0 Å². The van der Waals surface area contributed by atoms with Crippen molar-refractivity contribution in [2.75, 3.05) is 26.4 Å². The fourth-order valence-electron chi connectivity index (χ4n) is 4.65. The van der Waals surface area contributed by atoms with Gasteiger partial charge in [-0.25, -0.2) is 9.98 Å². The number of aromatic nitrogens is 1. The van der Waals surface area contributed by atoms with Gasteiger partial charge in [-0.2, -0.15) is 0 Å². The Morgan fingerprint density at radius 1 is 0.944 bits per heavy atom. The van der Waals surface area contributed by atoms with Crippen LogP contribution in [0.4, 0.5) is 0 Å². The predicted molar refractivity (Wildman–Crippen MR) is 141 cm³/mol. The van der Waals surface area contributed by atoms with Crippen LogP contribution in [-0.4, -0.2) is 70.8 Å². The van der Waals surface area contributed by atoms with E-state index in [1.807, 2.05) is 74.6 Å². The molecule has 1 aromatic heterocycles. The van der Waals surface area contributed by atoms with Crippen LogP contribution in [0.25, 0.3) is 12.2 Å². The van der Waals surface area contributed by atoms with Gasteiger partial charge in [0, 0.05) is 24.2 Å². The summed E-state index contributed by atoms with van der Waals surface area (Å²) in [4.78, 5) is 12.9. The maximum absolute atomic E-state index is 9.43. The molecule has 4 N–H and O–H groups in total. The van der Waals surface area contributed by atoms with Crippen LogP contribution in [-0.2, 0) is 9.47 Å². The number of hydrogen-bond donors (Lipinski definition) is 4. The Balaban J connectivity index is 1.69. The first-order chi connectivity index (χ1) is 17.9. The predicted octanol–water partition coefficient (Wildman–Crippen LogP) is 1.16. The first kappa shape index (κ1) is 23.1. The minimum atomic E-state index is -0.996. The molecule has 0 spiro atoms. The van der Waals surface area contributed by atoms with E-state index in [4.69, 9.17) is 19.5 Å². The molecular weight excluding hydrogens is 456 g/mol. The number of allylic oxidation sites excluding steroid dienone is 5. The minimum absolute atomic E-state index is 0.110. The van der Waals surface area contributed by atoms with E-state index in [1.54, 1.807) is 0 Å². The summed E-state index contributed by atoms with van der Waals surface area (Å²) >= 11 is 0. The van der Waals surface area contributed by atoms with Gasteiger partial charge in [0.1, 0.15) is 0 Å². The van der Waals surface area contributed by atoms with Crippen LogP contribution in [0.15, 0.2) is 81.2 Å². The molecular formula is C28H32N4O4. The third-order valence-electron chi connectivity index (χ3n) is 6.47. The van der Waals surface area contributed by atoms with E-state index in [2.05, 4.69) is 10.3 Å². The Kier molecular flexibility index (Phi) is 6.65.